The van der Waals surface area contributed by atoms with Crippen molar-refractivity contribution in [3.63, 3.8) is 0 Å². The number of carboxylic acid groups (broad SMARTS) is 1. The van der Waals surface area contributed by atoms with Gasteiger partial charge in [0.15, 0.2) is 0 Å². The molecule has 216 valence electrons. The Morgan fingerprint density at radius 2 is 1.41 bits per heavy atom. The van der Waals surface area contributed by atoms with Crippen LogP contribution in [0.1, 0.15) is 103 Å². The van der Waals surface area contributed by atoms with E-state index in [-0.39, 0.29) is 36.7 Å². The maximum absolute atomic E-state index is 11.9. The number of esters is 1. The van der Waals surface area contributed by atoms with Crippen molar-refractivity contribution in [2.24, 2.45) is 0 Å². The molecule has 7 heteroatoms. The Hall–Kier alpha value is -1.70. The van der Waals surface area contributed by atoms with E-state index < -0.39 is 18.1 Å². The molecule has 0 aliphatic carbocycles. The molecule has 0 bridgehead atoms. The highest BCUT2D eigenvalue weighted by molar-refractivity contribution is 5.69. The summed E-state index contributed by atoms with van der Waals surface area (Å²) in [6.45, 7) is 2.31. The first kappa shape index (κ1) is 35.3. The number of hydrogen-bond acceptors (Lipinski definition) is 6. The first-order valence-electron chi connectivity index (χ1n) is 14.4. The smallest absolute Gasteiger partial charge is 0.305 e. The van der Waals surface area contributed by atoms with Gasteiger partial charge < -0.3 is 29.0 Å². The fourth-order valence-electron chi connectivity index (χ4n) is 3.98. The number of hydrogen-bond donors (Lipinski definition) is 1. The molecular formula is C30H55NO6. The van der Waals surface area contributed by atoms with Crippen LogP contribution in [-0.2, 0) is 19.1 Å². The average molecular weight is 526 g/mol. The van der Waals surface area contributed by atoms with Crippen molar-refractivity contribution < 1.29 is 33.8 Å². The molecule has 0 fully saturated rings. The number of rotatable bonds is 25. The number of aliphatic hydroxyl groups excluding tert-OH is 1. The van der Waals surface area contributed by atoms with E-state index in [0.29, 0.717) is 6.42 Å². The lowest BCUT2D eigenvalue weighted by atomic mass is 10.1. The van der Waals surface area contributed by atoms with Gasteiger partial charge in [0.1, 0.15) is 18.8 Å². The third kappa shape index (κ3) is 23.2. The summed E-state index contributed by atoms with van der Waals surface area (Å²) in [5.74, 6) is -1.42. The molecular weight excluding hydrogens is 470 g/mol. The van der Waals surface area contributed by atoms with Crippen LogP contribution in [0.25, 0.3) is 0 Å². The number of unbranched alkanes of at least 4 members (excludes halogenated alkanes) is 10. The largest absolute Gasteiger partial charge is 0.544 e. The van der Waals surface area contributed by atoms with Gasteiger partial charge in [0.2, 0.25) is 0 Å². The van der Waals surface area contributed by atoms with Crippen LogP contribution < -0.4 is 5.11 Å². The van der Waals surface area contributed by atoms with Crippen LogP contribution in [0.3, 0.4) is 0 Å². The molecule has 0 spiro atoms. The van der Waals surface area contributed by atoms with E-state index in [2.05, 4.69) is 31.2 Å². The first-order chi connectivity index (χ1) is 17.7. The van der Waals surface area contributed by atoms with E-state index in [0.717, 1.165) is 32.1 Å². The van der Waals surface area contributed by atoms with Crippen LogP contribution >= 0.6 is 0 Å². The number of carbonyl (C=O) groups is 2. The van der Waals surface area contributed by atoms with Gasteiger partial charge in [0.25, 0.3) is 0 Å². The number of carbonyl (C=O) groups excluding carboxylic acids is 2. The Bertz CT molecular complexity index is 626. The minimum absolute atomic E-state index is 0.00381. The molecule has 0 aromatic heterocycles. The fraction of sp³-hybridized carbons (Fsp3) is 0.800. The molecule has 0 aliphatic rings. The molecule has 0 rings (SSSR count). The topological polar surface area (TPSA) is 95.9 Å². The SMILES string of the molecule is CCCCC/C=C\C/C=C\CCCCCCCCCC(=O)OCC(O)COCCC(C(=O)[O-])[N+](C)(C)C. The normalized spacial score (nSPS) is 13.9. The molecule has 2 atom stereocenters. The summed E-state index contributed by atoms with van der Waals surface area (Å²) >= 11 is 0. The lowest BCUT2D eigenvalue weighted by Gasteiger charge is -2.34. The summed E-state index contributed by atoms with van der Waals surface area (Å²) in [7, 11) is 5.35. The third-order valence-corrected chi connectivity index (χ3v) is 6.32. The van der Waals surface area contributed by atoms with Gasteiger partial charge in [-0.25, -0.2) is 0 Å². The number of ether oxygens (including phenoxy) is 2. The van der Waals surface area contributed by atoms with Gasteiger partial charge in [0.05, 0.1) is 40.3 Å². The summed E-state index contributed by atoms with van der Waals surface area (Å²) in [5.41, 5.74) is 0. The van der Waals surface area contributed by atoms with Crippen molar-refractivity contribution >= 4 is 11.9 Å². The minimum atomic E-state index is -1.12. The van der Waals surface area contributed by atoms with Gasteiger partial charge in [-0.3, -0.25) is 4.79 Å². The summed E-state index contributed by atoms with van der Waals surface area (Å²) in [6.07, 6.45) is 24.0. The van der Waals surface area contributed by atoms with Crippen LogP contribution in [0.4, 0.5) is 0 Å². The summed E-state index contributed by atoms with van der Waals surface area (Å²) in [4.78, 5) is 23.1. The van der Waals surface area contributed by atoms with Crippen LogP contribution in [0.2, 0.25) is 0 Å². The molecule has 0 amide bonds. The molecule has 0 aromatic rings. The lowest BCUT2D eigenvalue weighted by Crippen LogP contribution is -2.55. The zero-order valence-corrected chi connectivity index (χ0v) is 24.1. The van der Waals surface area contributed by atoms with Gasteiger partial charge in [-0.2, -0.15) is 0 Å². The number of aliphatic hydroxyl groups is 1. The third-order valence-electron chi connectivity index (χ3n) is 6.32. The van der Waals surface area contributed by atoms with E-state index in [9.17, 15) is 19.8 Å². The maximum atomic E-state index is 11.9. The Morgan fingerprint density at radius 1 is 0.838 bits per heavy atom. The summed E-state index contributed by atoms with van der Waals surface area (Å²) in [5, 5.41) is 21.1. The predicted molar refractivity (Wildman–Crippen MR) is 148 cm³/mol. The molecule has 0 saturated carbocycles. The van der Waals surface area contributed by atoms with Gasteiger partial charge in [-0.15, -0.1) is 0 Å². The highest BCUT2D eigenvalue weighted by atomic mass is 16.5. The number of aliphatic carboxylic acids is 1. The maximum Gasteiger partial charge on any atom is 0.305 e. The van der Waals surface area contributed by atoms with E-state index in [1.807, 2.05) is 0 Å². The van der Waals surface area contributed by atoms with Crippen LogP contribution in [0.5, 0.6) is 0 Å². The van der Waals surface area contributed by atoms with E-state index in [1.54, 1.807) is 21.1 Å². The quantitative estimate of drug-likeness (QED) is 0.0802. The van der Waals surface area contributed by atoms with Crippen molar-refractivity contribution in [2.45, 2.75) is 115 Å². The van der Waals surface area contributed by atoms with Crippen LogP contribution in [0, 0.1) is 0 Å². The standard InChI is InChI=1S/C30H55NO6/c1-5-6-7-8-9-10-11-12-13-14-15-16-17-18-19-20-21-22-29(33)37-26-27(32)25-36-24-23-28(30(34)35)31(2,3)4/h9-10,12-13,27-28,32H,5-8,11,14-26H2,1-4H3/b10-9-,13-12-. The van der Waals surface area contributed by atoms with Crippen molar-refractivity contribution in [3.8, 4) is 0 Å². The predicted octanol–water partition coefficient (Wildman–Crippen LogP) is 4.72. The van der Waals surface area contributed by atoms with Gasteiger partial charge in [0, 0.05) is 12.8 Å². The molecule has 0 aliphatic heterocycles. The van der Waals surface area contributed by atoms with Crippen molar-refractivity contribution in [3.05, 3.63) is 24.3 Å². The van der Waals surface area contributed by atoms with E-state index in [1.165, 1.54) is 51.4 Å². The number of likely N-dealkylation sites (N-methyl/N-ethyl adjacent to an activating group) is 1. The number of carboxylic acids is 1. The van der Waals surface area contributed by atoms with Crippen molar-refractivity contribution in [1.82, 2.24) is 0 Å². The van der Waals surface area contributed by atoms with E-state index in [4.69, 9.17) is 9.47 Å². The van der Waals surface area contributed by atoms with Crippen molar-refractivity contribution in [1.29, 1.82) is 0 Å². The lowest BCUT2D eigenvalue weighted by molar-refractivity contribution is -0.889. The molecule has 7 nitrogen and oxygen atoms in total. The fourth-order valence-corrected chi connectivity index (χ4v) is 3.98. The van der Waals surface area contributed by atoms with Crippen molar-refractivity contribution in [2.75, 3.05) is 41.0 Å². The first-order valence-corrected chi connectivity index (χ1v) is 14.4. The Balaban J connectivity index is 3.56. The van der Waals surface area contributed by atoms with Gasteiger partial charge in [-0.05, 0) is 38.5 Å². The molecule has 1 N–H and O–H groups in total. The number of nitrogens with zero attached hydrogens (tertiary/aromatic N) is 1. The zero-order valence-electron chi connectivity index (χ0n) is 24.1. The molecule has 2 unspecified atom stereocenters. The molecule has 0 radical (unpaired) electrons. The second-order valence-corrected chi connectivity index (χ2v) is 10.8. The Labute approximate surface area is 226 Å². The summed E-state index contributed by atoms with van der Waals surface area (Å²) < 4.78 is 10.7. The van der Waals surface area contributed by atoms with Crippen LogP contribution in [-0.4, -0.2) is 74.6 Å². The van der Waals surface area contributed by atoms with Gasteiger partial charge >= 0.3 is 5.97 Å². The minimum Gasteiger partial charge on any atom is -0.544 e. The molecule has 0 aromatic carbocycles. The monoisotopic (exact) mass is 525 g/mol. The molecule has 0 saturated heterocycles. The Morgan fingerprint density at radius 3 is 1.97 bits per heavy atom. The molecule has 37 heavy (non-hydrogen) atoms. The average Bonchev–Trinajstić information content (AvgIpc) is 2.83. The van der Waals surface area contributed by atoms with Gasteiger partial charge in [-0.1, -0.05) is 76.2 Å². The highest BCUT2D eigenvalue weighted by Crippen LogP contribution is 2.11. The highest BCUT2D eigenvalue weighted by Gasteiger charge is 2.24. The van der Waals surface area contributed by atoms with E-state index >= 15 is 0 Å². The zero-order chi connectivity index (χ0) is 27.8. The second-order valence-electron chi connectivity index (χ2n) is 10.8. The Kier molecular flexibility index (Phi) is 22.3. The molecule has 0 heterocycles. The number of quaternary nitrogens is 1. The summed E-state index contributed by atoms with van der Waals surface area (Å²) in [6, 6.07) is -0.686. The number of allylic oxidation sites excluding steroid dienone is 4. The van der Waals surface area contributed by atoms with Crippen LogP contribution in [0.15, 0.2) is 24.3 Å². The second kappa shape index (κ2) is 23.4.